The van der Waals surface area contributed by atoms with Crippen LogP contribution in [-0.2, 0) is 23.9 Å². The Labute approximate surface area is 214 Å². The van der Waals surface area contributed by atoms with Crippen LogP contribution in [-0.4, -0.2) is 56.1 Å². The molecule has 0 spiro atoms. The molecule has 13 heteroatoms. The zero-order valence-electron chi connectivity index (χ0n) is 20.2. The minimum Gasteiger partial charge on any atom is -0.509 e. The van der Waals surface area contributed by atoms with E-state index >= 15 is 0 Å². The minimum atomic E-state index is -3.89. The van der Waals surface area contributed by atoms with E-state index in [1.165, 1.54) is 25.3 Å². The lowest BCUT2D eigenvalue weighted by molar-refractivity contribution is -0.128. The molecule has 192 valence electrons. The highest BCUT2D eigenvalue weighted by atomic mass is 79.9. The number of anilines is 2. The zero-order valence-corrected chi connectivity index (χ0v) is 23.5. The molecule has 2 aliphatic heterocycles. The number of hydrogen-bond acceptors (Lipinski definition) is 7. The molecule has 0 saturated carbocycles. The fraction of sp³-hybridized carbons (Fsp3) is 0.455. The maximum absolute atomic E-state index is 13.7. The highest BCUT2D eigenvalue weighted by molar-refractivity contribution is 9.11. The van der Waals surface area contributed by atoms with Gasteiger partial charge in [-0.1, -0.05) is 42.8 Å². The van der Waals surface area contributed by atoms with E-state index in [-0.39, 0.29) is 28.2 Å². The topological polar surface area (TPSA) is 137 Å². The van der Waals surface area contributed by atoms with Crippen molar-refractivity contribution in [1.29, 1.82) is 0 Å². The Balaban J connectivity index is 2.04. The van der Waals surface area contributed by atoms with Crippen LogP contribution in [0, 0.1) is 5.41 Å². The van der Waals surface area contributed by atoms with Crippen LogP contribution >= 0.6 is 23.4 Å². The fourth-order valence-electron chi connectivity index (χ4n) is 4.17. The van der Waals surface area contributed by atoms with Gasteiger partial charge in [0, 0.05) is 19.3 Å². The largest absolute Gasteiger partial charge is 0.509 e. The van der Waals surface area contributed by atoms with Crippen molar-refractivity contribution in [3.63, 3.8) is 0 Å². The van der Waals surface area contributed by atoms with Gasteiger partial charge in [-0.25, -0.2) is 8.42 Å². The van der Waals surface area contributed by atoms with E-state index in [2.05, 4.69) is 30.7 Å². The summed E-state index contributed by atoms with van der Waals surface area (Å²) in [5.41, 5.74) is -0.000833. The van der Waals surface area contributed by atoms with Gasteiger partial charge in [-0.2, -0.15) is 4.76 Å². The number of sulfonamides is 1. The third-order valence-corrected chi connectivity index (χ3v) is 8.47. The highest BCUT2D eigenvalue weighted by Crippen LogP contribution is 2.52. The van der Waals surface area contributed by atoms with Crippen molar-refractivity contribution in [1.82, 2.24) is 4.90 Å². The third kappa shape index (κ3) is 5.82. The van der Waals surface area contributed by atoms with Crippen molar-refractivity contribution >= 4 is 61.9 Å². The molecule has 3 rings (SSSR count). The second-order valence-electron chi connectivity index (χ2n) is 9.41. The van der Waals surface area contributed by atoms with Gasteiger partial charge in [0.2, 0.25) is 10.0 Å². The highest BCUT2D eigenvalue weighted by Gasteiger charge is 2.48. The summed E-state index contributed by atoms with van der Waals surface area (Å²) in [7, 11) is -6.22. The van der Waals surface area contributed by atoms with Crippen molar-refractivity contribution in [3.05, 3.63) is 40.6 Å². The lowest BCUT2D eigenvalue weighted by Crippen LogP contribution is -2.44. The van der Waals surface area contributed by atoms with E-state index in [0.29, 0.717) is 18.7 Å². The molecule has 0 fully saturated rings. The number of aliphatic hydroxyl groups is 1. The van der Waals surface area contributed by atoms with Crippen molar-refractivity contribution in [2.75, 3.05) is 29.9 Å². The summed E-state index contributed by atoms with van der Waals surface area (Å²) in [5.74, 6) is -0.615. The Hall–Kier alpha value is -2.14. The molecule has 0 saturated heterocycles. The number of hydrogen-bond donors (Lipinski definition) is 3. The van der Waals surface area contributed by atoms with Crippen LogP contribution in [0.3, 0.4) is 0 Å². The van der Waals surface area contributed by atoms with Gasteiger partial charge in [0.1, 0.15) is 11.3 Å². The minimum absolute atomic E-state index is 0.0499. The molecular weight excluding hydrogens is 559 g/mol. The van der Waals surface area contributed by atoms with Crippen LogP contribution in [0.2, 0.25) is 0 Å². The Morgan fingerprint density at radius 3 is 2.63 bits per heavy atom. The standard InChI is InChI=1S/C22H30BrN4O6PS/c1-22(2,3)19-18(28)17(21(29)27(19)12-8-6-7-11-23)20-24-15-10-9-14(26-35(5,31)32)13-16(15)34(30,25-20)33-4/h7,9-11,13,19,26,28H,6,8,12H2,1-5H3,(H,24,25,30)/b11-7-. The fourth-order valence-corrected chi connectivity index (χ4v) is 6.52. The van der Waals surface area contributed by atoms with E-state index in [1.54, 1.807) is 9.89 Å². The number of carbonyl (C=O) groups is 1. The Kier molecular flexibility index (Phi) is 7.91. The van der Waals surface area contributed by atoms with Crippen molar-refractivity contribution in [2.45, 2.75) is 39.7 Å². The van der Waals surface area contributed by atoms with E-state index in [1.807, 2.05) is 26.8 Å². The monoisotopic (exact) mass is 588 g/mol. The number of rotatable bonds is 8. The van der Waals surface area contributed by atoms with Gasteiger partial charge in [0.05, 0.1) is 23.3 Å². The summed E-state index contributed by atoms with van der Waals surface area (Å²) in [5, 5.41) is 14.3. The Bertz CT molecular complexity index is 1270. The maximum Gasteiger partial charge on any atom is 0.348 e. The van der Waals surface area contributed by atoms with Crippen LogP contribution in [0.4, 0.5) is 11.4 Å². The van der Waals surface area contributed by atoms with E-state index < -0.39 is 34.9 Å². The number of halogens is 1. The first-order chi connectivity index (χ1) is 16.2. The Morgan fingerprint density at radius 1 is 1.37 bits per heavy atom. The van der Waals surface area contributed by atoms with Crippen molar-refractivity contribution in [2.24, 2.45) is 10.2 Å². The van der Waals surface area contributed by atoms with Gasteiger partial charge in [0.25, 0.3) is 5.91 Å². The first-order valence-corrected chi connectivity index (χ1v) is 15.3. The lowest BCUT2D eigenvalue weighted by atomic mass is 9.85. The molecule has 2 heterocycles. The van der Waals surface area contributed by atoms with Gasteiger partial charge in [0.15, 0.2) is 5.84 Å². The van der Waals surface area contributed by atoms with Gasteiger partial charge >= 0.3 is 7.52 Å². The summed E-state index contributed by atoms with van der Waals surface area (Å²) >= 11 is 3.23. The molecule has 2 unspecified atom stereocenters. The molecule has 1 aromatic carbocycles. The maximum atomic E-state index is 13.7. The Morgan fingerprint density at radius 2 is 2.06 bits per heavy atom. The lowest BCUT2D eigenvalue weighted by Gasteiger charge is -2.35. The van der Waals surface area contributed by atoms with Crippen LogP contribution in [0.25, 0.3) is 0 Å². The van der Waals surface area contributed by atoms with Crippen LogP contribution in [0.1, 0.15) is 33.6 Å². The second-order valence-corrected chi connectivity index (χ2v) is 13.8. The number of aliphatic hydroxyl groups excluding tert-OH is 1. The van der Waals surface area contributed by atoms with Crippen LogP contribution in [0.15, 0.2) is 45.4 Å². The summed E-state index contributed by atoms with van der Waals surface area (Å²) in [6.07, 6.45) is 4.38. The molecule has 2 aliphatic rings. The van der Waals surface area contributed by atoms with E-state index in [9.17, 15) is 22.9 Å². The number of amidine groups is 1. The average molecular weight is 589 g/mol. The van der Waals surface area contributed by atoms with Crippen LogP contribution < -0.4 is 15.3 Å². The predicted molar refractivity (Wildman–Crippen MR) is 142 cm³/mol. The molecule has 2 atom stereocenters. The average Bonchev–Trinajstić information content (AvgIpc) is 3.00. The third-order valence-electron chi connectivity index (χ3n) is 5.56. The quantitative estimate of drug-likeness (QED) is 0.307. The predicted octanol–water partition coefficient (Wildman–Crippen LogP) is 4.10. The number of benzene rings is 1. The van der Waals surface area contributed by atoms with E-state index in [0.717, 1.165) is 12.7 Å². The van der Waals surface area contributed by atoms with Crippen LogP contribution in [0.5, 0.6) is 0 Å². The summed E-state index contributed by atoms with van der Waals surface area (Å²) in [6.45, 7) is 6.20. The molecule has 10 nitrogen and oxygen atoms in total. The first kappa shape index (κ1) is 27.4. The number of carbonyl (C=O) groups excluding carboxylic acids is 1. The molecule has 0 bridgehead atoms. The summed E-state index contributed by atoms with van der Waals surface area (Å²) in [6, 6.07) is 3.79. The van der Waals surface area contributed by atoms with E-state index in [4.69, 9.17) is 4.52 Å². The molecule has 35 heavy (non-hydrogen) atoms. The summed E-state index contributed by atoms with van der Waals surface area (Å²) < 4.78 is 48.7. The van der Waals surface area contributed by atoms with Gasteiger partial charge < -0.3 is 19.8 Å². The van der Waals surface area contributed by atoms with Gasteiger partial charge in [-0.05, 0) is 41.4 Å². The smallest absolute Gasteiger partial charge is 0.348 e. The normalized spacial score (nSPS) is 22.9. The number of unbranched alkanes of at least 4 members (excludes halogenated alkanes) is 1. The van der Waals surface area contributed by atoms with Gasteiger partial charge in [-0.15, -0.1) is 0 Å². The first-order valence-electron chi connectivity index (χ1n) is 10.9. The van der Waals surface area contributed by atoms with Gasteiger partial charge in [-0.3, -0.25) is 14.1 Å². The SMILES string of the molecule is COP1(=O)N=C(C2=C(O)C(C(C)(C)C)N(CCC/C=C\Br)C2=O)Nc2ccc(NS(C)(=O)=O)cc21. The number of allylic oxidation sites excluding steroid dienone is 1. The summed E-state index contributed by atoms with van der Waals surface area (Å²) in [4.78, 5) is 16.9. The van der Waals surface area contributed by atoms with Crippen molar-refractivity contribution in [3.8, 4) is 0 Å². The number of amides is 1. The molecule has 3 N–H and O–H groups in total. The van der Waals surface area contributed by atoms with Crippen molar-refractivity contribution < 1.29 is 27.4 Å². The molecule has 1 amide bonds. The molecule has 0 aromatic heterocycles. The molecule has 0 radical (unpaired) electrons. The number of nitrogens with zero attached hydrogens (tertiary/aromatic N) is 2. The molecule has 1 aromatic rings. The molecular formula is C22H30BrN4O6PS. The number of fused-ring (bicyclic) bond motifs is 1. The number of nitrogens with one attached hydrogen (secondary N) is 2. The zero-order chi connectivity index (χ0) is 26.2. The second kappa shape index (κ2) is 10.1. The molecule has 0 aliphatic carbocycles.